The van der Waals surface area contributed by atoms with Crippen LogP contribution in [0.4, 0.5) is 13.2 Å². The SMILES string of the molecule is COc1c(C(=O)Cl)cc(C)nc1OC(F)(F)F. The molecule has 0 saturated carbocycles. The highest BCUT2D eigenvalue weighted by Crippen LogP contribution is 2.34. The Morgan fingerprint density at radius 1 is 1.47 bits per heavy atom. The third kappa shape index (κ3) is 3.48. The van der Waals surface area contributed by atoms with Crippen LogP contribution in [0.15, 0.2) is 6.07 Å². The molecule has 8 heteroatoms. The van der Waals surface area contributed by atoms with E-state index in [0.717, 1.165) is 7.11 Å². The number of methoxy groups -OCH3 is 1. The molecule has 0 atom stereocenters. The minimum Gasteiger partial charge on any atom is -0.491 e. The summed E-state index contributed by atoms with van der Waals surface area (Å²) in [4.78, 5) is 14.5. The number of carbonyl (C=O) groups is 1. The number of carbonyl (C=O) groups excluding carboxylic acids is 1. The van der Waals surface area contributed by atoms with Crippen LogP contribution in [-0.2, 0) is 0 Å². The molecule has 4 nitrogen and oxygen atoms in total. The van der Waals surface area contributed by atoms with E-state index in [4.69, 9.17) is 11.6 Å². The third-order valence-electron chi connectivity index (χ3n) is 1.70. The third-order valence-corrected chi connectivity index (χ3v) is 1.90. The largest absolute Gasteiger partial charge is 0.574 e. The first kappa shape index (κ1) is 13.6. The number of rotatable bonds is 3. The summed E-state index contributed by atoms with van der Waals surface area (Å²) in [5, 5.41) is -0.959. The van der Waals surface area contributed by atoms with E-state index in [0.29, 0.717) is 0 Å². The molecule has 1 rings (SSSR count). The molecule has 0 spiro atoms. The summed E-state index contributed by atoms with van der Waals surface area (Å²) in [6.45, 7) is 1.39. The molecule has 0 fully saturated rings. The Bertz CT molecular complexity index is 448. The molecule has 0 bridgehead atoms. The summed E-state index contributed by atoms with van der Waals surface area (Å²) in [5.74, 6) is -1.29. The number of nitrogens with zero attached hydrogens (tertiary/aromatic N) is 1. The van der Waals surface area contributed by atoms with Crippen LogP contribution in [0, 0.1) is 6.92 Å². The van der Waals surface area contributed by atoms with Crippen molar-refractivity contribution in [1.29, 1.82) is 0 Å². The van der Waals surface area contributed by atoms with Crippen LogP contribution in [0.1, 0.15) is 16.1 Å². The van der Waals surface area contributed by atoms with Crippen LogP contribution in [0.3, 0.4) is 0 Å². The van der Waals surface area contributed by atoms with E-state index in [1.54, 1.807) is 0 Å². The Kier molecular flexibility index (Phi) is 3.82. The molecule has 0 aliphatic rings. The molecule has 17 heavy (non-hydrogen) atoms. The number of ether oxygens (including phenoxy) is 2. The van der Waals surface area contributed by atoms with Crippen LogP contribution in [-0.4, -0.2) is 23.7 Å². The predicted octanol–water partition coefficient (Wildman–Crippen LogP) is 2.68. The van der Waals surface area contributed by atoms with Crippen molar-refractivity contribution in [3.8, 4) is 11.6 Å². The van der Waals surface area contributed by atoms with Gasteiger partial charge >= 0.3 is 6.36 Å². The van der Waals surface area contributed by atoms with Gasteiger partial charge in [0, 0.05) is 5.69 Å². The zero-order chi connectivity index (χ0) is 13.2. The highest BCUT2D eigenvalue weighted by molar-refractivity contribution is 6.68. The Balaban J connectivity index is 3.33. The van der Waals surface area contributed by atoms with Crippen LogP contribution >= 0.6 is 11.6 Å². The van der Waals surface area contributed by atoms with Gasteiger partial charge in [-0.1, -0.05) is 0 Å². The zero-order valence-corrected chi connectivity index (χ0v) is 9.52. The highest BCUT2D eigenvalue weighted by Gasteiger charge is 2.34. The lowest BCUT2D eigenvalue weighted by Gasteiger charge is -2.13. The average molecular weight is 270 g/mol. The van der Waals surface area contributed by atoms with Crippen LogP contribution < -0.4 is 9.47 Å². The van der Waals surface area contributed by atoms with Gasteiger partial charge in [0.25, 0.3) is 11.1 Å². The van der Waals surface area contributed by atoms with Gasteiger partial charge in [0.15, 0.2) is 5.75 Å². The number of hydrogen-bond donors (Lipinski definition) is 0. The van der Waals surface area contributed by atoms with Crippen molar-refractivity contribution in [2.45, 2.75) is 13.3 Å². The van der Waals surface area contributed by atoms with Gasteiger partial charge in [-0.25, -0.2) is 4.98 Å². The van der Waals surface area contributed by atoms with E-state index >= 15 is 0 Å². The van der Waals surface area contributed by atoms with Gasteiger partial charge in [-0.05, 0) is 24.6 Å². The maximum Gasteiger partial charge on any atom is 0.574 e. The summed E-state index contributed by atoms with van der Waals surface area (Å²) in [6, 6.07) is 1.21. The zero-order valence-electron chi connectivity index (χ0n) is 8.76. The Hall–Kier alpha value is -1.50. The summed E-state index contributed by atoms with van der Waals surface area (Å²) < 4.78 is 44.6. The summed E-state index contributed by atoms with van der Waals surface area (Å²) in [5.41, 5.74) is -0.0880. The number of alkyl halides is 3. The molecule has 0 N–H and O–H groups in total. The Morgan fingerprint density at radius 3 is 2.47 bits per heavy atom. The summed E-state index contributed by atoms with van der Waals surface area (Å²) in [7, 11) is 1.08. The number of aromatic nitrogens is 1. The van der Waals surface area contributed by atoms with Crippen LogP contribution in [0.5, 0.6) is 11.6 Å². The van der Waals surface area contributed by atoms with Gasteiger partial charge in [0.2, 0.25) is 0 Å². The molecule has 0 amide bonds. The first-order valence-electron chi connectivity index (χ1n) is 4.26. The average Bonchev–Trinajstić information content (AvgIpc) is 2.14. The smallest absolute Gasteiger partial charge is 0.491 e. The molecule has 1 aromatic heterocycles. The first-order valence-corrected chi connectivity index (χ1v) is 4.63. The standard InChI is InChI=1S/C9H7ClF3NO3/c1-4-3-5(7(10)15)6(16-2)8(14-4)17-9(11,12)13/h3H,1-2H3. The first-order chi connectivity index (χ1) is 7.74. The minimum atomic E-state index is -4.93. The lowest BCUT2D eigenvalue weighted by Crippen LogP contribution is -2.19. The summed E-state index contributed by atoms with van der Waals surface area (Å²) >= 11 is 5.22. The van der Waals surface area contributed by atoms with Crippen molar-refractivity contribution < 1.29 is 27.4 Å². The molecule has 0 radical (unpaired) electrons. The Labute approximate surface area is 99.3 Å². The fourth-order valence-corrected chi connectivity index (χ4v) is 1.30. The monoisotopic (exact) mass is 269 g/mol. The van der Waals surface area contributed by atoms with Gasteiger partial charge in [-0.2, -0.15) is 0 Å². The van der Waals surface area contributed by atoms with Crippen molar-refractivity contribution in [3.63, 3.8) is 0 Å². The number of aryl methyl sites for hydroxylation is 1. The van der Waals surface area contributed by atoms with Crippen molar-refractivity contribution >= 4 is 16.8 Å². The van der Waals surface area contributed by atoms with Crippen molar-refractivity contribution in [2.24, 2.45) is 0 Å². The Morgan fingerprint density at radius 2 is 2.06 bits per heavy atom. The number of hydrogen-bond acceptors (Lipinski definition) is 4. The molecular weight excluding hydrogens is 263 g/mol. The van der Waals surface area contributed by atoms with Gasteiger partial charge in [-0.15, -0.1) is 13.2 Å². The second-order valence-electron chi connectivity index (χ2n) is 2.97. The molecule has 0 aliphatic carbocycles. The second-order valence-corrected chi connectivity index (χ2v) is 3.31. The second kappa shape index (κ2) is 4.79. The van der Waals surface area contributed by atoms with E-state index in [-0.39, 0.29) is 11.3 Å². The van der Waals surface area contributed by atoms with Crippen LogP contribution in [0.2, 0.25) is 0 Å². The predicted molar refractivity (Wildman–Crippen MR) is 52.4 cm³/mol. The molecule has 1 heterocycles. The number of pyridine rings is 1. The fraction of sp³-hybridized carbons (Fsp3) is 0.333. The lowest BCUT2D eigenvalue weighted by molar-refractivity contribution is -0.276. The maximum absolute atomic E-state index is 12.1. The molecule has 0 saturated heterocycles. The van der Waals surface area contributed by atoms with Crippen molar-refractivity contribution in [3.05, 3.63) is 17.3 Å². The van der Waals surface area contributed by atoms with Crippen LogP contribution in [0.25, 0.3) is 0 Å². The van der Waals surface area contributed by atoms with Gasteiger partial charge in [-0.3, -0.25) is 4.79 Å². The van der Waals surface area contributed by atoms with E-state index in [9.17, 15) is 18.0 Å². The van der Waals surface area contributed by atoms with E-state index in [1.807, 2.05) is 0 Å². The van der Waals surface area contributed by atoms with Gasteiger partial charge in [0.1, 0.15) is 0 Å². The number of halogens is 4. The molecule has 0 aliphatic heterocycles. The quantitative estimate of drug-likeness (QED) is 0.792. The summed E-state index contributed by atoms with van der Waals surface area (Å²) in [6.07, 6.45) is -4.93. The van der Waals surface area contributed by atoms with Crippen molar-refractivity contribution in [1.82, 2.24) is 4.98 Å². The lowest BCUT2D eigenvalue weighted by atomic mass is 10.2. The highest BCUT2D eigenvalue weighted by atomic mass is 35.5. The molecule has 1 aromatic rings. The van der Waals surface area contributed by atoms with E-state index in [1.165, 1.54) is 13.0 Å². The van der Waals surface area contributed by atoms with E-state index in [2.05, 4.69) is 14.5 Å². The van der Waals surface area contributed by atoms with Crippen molar-refractivity contribution in [2.75, 3.05) is 7.11 Å². The fourth-order valence-electron chi connectivity index (χ4n) is 1.15. The maximum atomic E-state index is 12.1. The minimum absolute atomic E-state index is 0.147. The van der Waals surface area contributed by atoms with Gasteiger partial charge in [0.05, 0.1) is 12.7 Å². The normalized spacial score (nSPS) is 11.2. The molecule has 94 valence electrons. The molecule has 0 aromatic carbocycles. The van der Waals surface area contributed by atoms with Gasteiger partial charge < -0.3 is 9.47 Å². The topological polar surface area (TPSA) is 48.4 Å². The molecule has 0 unspecified atom stereocenters. The van der Waals surface area contributed by atoms with E-state index < -0.39 is 23.2 Å². The molecular formula is C9H7ClF3NO3.